The molecule has 1 fully saturated rings. The predicted octanol–water partition coefficient (Wildman–Crippen LogP) is 10.0. The standard InChI is InChI=1S/C33H36N4O4.C12H16N2.C10H21NO3S.C3H6O/c1-9-20-17(4)24-13-23-16(3)11-27(34-23)22(12-30(38)40-7)32-31(33(39)41-8)19(6)26(37-32)15-29-21(10-2)18(5)25(36-29)14-28(20)35-24;1-5-10-9(4)12(7-8(3)13)14-11(10)6-2;1-11-3-2-4-15-10-6-8(13)5-9(7-12)14-10;1-2-3-4/h9,13-16,35-36H,1,10-12H2,2-8H3;5-7,14H,1-2,13H2,3-4H3;8-13H,2-7H2,1H3;3H,2H2,1H3/b;8-7-;;. The first kappa shape index (κ1) is 60.3. The van der Waals surface area contributed by atoms with Crippen LogP contribution in [-0.2, 0) is 47.9 Å². The first-order valence-corrected chi connectivity index (χ1v) is 26.2. The van der Waals surface area contributed by atoms with Crippen LogP contribution in [0.5, 0.6) is 0 Å². The van der Waals surface area contributed by atoms with Gasteiger partial charge in [-0.05, 0) is 131 Å². The second-order valence-electron chi connectivity index (χ2n) is 18.4. The molecule has 8 bridgehead atoms. The quantitative estimate of drug-likeness (QED) is 0.0334. The van der Waals surface area contributed by atoms with Gasteiger partial charge in [0.25, 0.3) is 0 Å². The number of rotatable bonds is 15. The highest BCUT2D eigenvalue weighted by molar-refractivity contribution is 7.99. The largest absolute Gasteiger partial charge is 0.469 e. The number of nitrogens with one attached hydrogen (secondary N) is 4. The molecule has 3 aliphatic heterocycles. The van der Waals surface area contributed by atoms with Crippen LogP contribution in [0.2, 0.25) is 0 Å². The lowest BCUT2D eigenvalue weighted by Gasteiger charge is -2.31. The molecule has 74 heavy (non-hydrogen) atoms. The van der Waals surface area contributed by atoms with Crippen LogP contribution in [0.15, 0.2) is 43.6 Å². The number of esters is 2. The van der Waals surface area contributed by atoms with Crippen LogP contribution in [0, 0.1) is 20.8 Å². The number of H-pyrrole nitrogens is 3. The molecule has 7 rings (SSSR count). The summed E-state index contributed by atoms with van der Waals surface area (Å²) in [7, 11) is 4.64. The number of nitrogens with zero attached hydrogens (tertiary/aromatic N) is 2. The maximum atomic E-state index is 13.1. The molecule has 7 heterocycles. The Morgan fingerprint density at radius 2 is 1.58 bits per heavy atom. The average Bonchev–Trinajstić information content (AvgIpc) is 4.16. The summed E-state index contributed by atoms with van der Waals surface area (Å²) in [4.78, 5) is 55.4. The number of nitrogens with two attached hydrogens (primary N) is 1. The minimum Gasteiger partial charge on any atom is -0.469 e. The van der Waals surface area contributed by atoms with Crippen LogP contribution in [0.3, 0.4) is 0 Å². The summed E-state index contributed by atoms with van der Waals surface area (Å²) in [6, 6.07) is 6.16. The van der Waals surface area contributed by atoms with Gasteiger partial charge in [0.1, 0.15) is 11.7 Å². The summed E-state index contributed by atoms with van der Waals surface area (Å²) in [6.45, 7) is 28.6. The van der Waals surface area contributed by atoms with Crippen molar-refractivity contribution in [1.82, 2.24) is 30.2 Å². The van der Waals surface area contributed by atoms with Crippen molar-refractivity contribution in [2.45, 2.75) is 124 Å². The van der Waals surface area contributed by atoms with Gasteiger partial charge in [0.2, 0.25) is 0 Å². The third-order valence-electron chi connectivity index (χ3n) is 13.0. The fourth-order valence-electron chi connectivity index (χ4n) is 8.98. The van der Waals surface area contributed by atoms with E-state index in [1.54, 1.807) is 17.8 Å². The maximum Gasteiger partial charge on any atom is 0.340 e. The number of carbonyl (C=O) groups excluding carboxylic acids is 3. The van der Waals surface area contributed by atoms with E-state index in [9.17, 15) is 19.5 Å². The van der Waals surface area contributed by atoms with Gasteiger partial charge in [0.05, 0.1) is 56.4 Å². The minimum absolute atomic E-state index is 0.00460. The molecule has 8 N–H and O–H groups in total. The molecule has 0 radical (unpaired) electrons. The SMILES string of the molecule is C=Cc1[nH]c(/C=C(/C)N)c(C)c1C=C.C=Cc1c(C)c2cc3nc(c(CC(=O)OC)c4nc(cc5[nH]c(cc1[nH]2)c(C)c5CC)C(C)=C4C(=O)OC)CC3C.CCC=O.CNCCCSC1CC(O)CC(CO)O1. The topological polar surface area (TPSA) is 231 Å². The molecule has 3 aliphatic rings. The zero-order valence-corrected chi connectivity index (χ0v) is 46.2. The van der Waals surface area contributed by atoms with E-state index in [-0.39, 0.29) is 36.6 Å². The summed E-state index contributed by atoms with van der Waals surface area (Å²) >= 11 is 1.73. The van der Waals surface area contributed by atoms with Crippen LogP contribution >= 0.6 is 11.8 Å². The molecule has 0 aliphatic carbocycles. The lowest BCUT2D eigenvalue weighted by molar-refractivity contribution is -0.140. The summed E-state index contributed by atoms with van der Waals surface area (Å²) < 4.78 is 15.9. The van der Waals surface area contributed by atoms with Gasteiger partial charge >= 0.3 is 11.9 Å². The number of hydrogen-bond acceptors (Lipinski definition) is 13. The lowest BCUT2D eigenvalue weighted by Crippen LogP contribution is -2.36. The molecular weight excluding hydrogens is 955 g/mol. The van der Waals surface area contributed by atoms with Crippen molar-refractivity contribution >= 4 is 87.5 Å². The number of aryl methyl sites for hydroxylation is 3. The molecule has 4 aromatic rings. The van der Waals surface area contributed by atoms with Crippen molar-refractivity contribution in [2.75, 3.05) is 40.2 Å². The Labute approximate surface area is 441 Å². The summed E-state index contributed by atoms with van der Waals surface area (Å²) in [6.07, 6.45) is 12.1. The zero-order chi connectivity index (χ0) is 54.8. The fourth-order valence-corrected chi connectivity index (χ4v) is 10.1. The van der Waals surface area contributed by atoms with Gasteiger partial charge in [0, 0.05) is 92.4 Å². The number of aliphatic hydroxyl groups excluding tert-OH is 2. The van der Waals surface area contributed by atoms with Crippen LogP contribution in [0.25, 0.3) is 57.5 Å². The maximum absolute atomic E-state index is 13.1. The Hall–Kier alpha value is -6.30. The highest BCUT2D eigenvalue weighted by Gasteiger charge is 2.31. The molecule has 0 spiro atoms. The normalized spacial score (nSPS) is 17.1. The molecule has 400 valence electrons. The number of fused-ring (bicyclic) bond motifs is 8. The number of aldehydes is 1. The average molecular weight is 1030 g/mol. The van der Waals surface area contributed by atoms with Gasteiger partial charge in [-0.15, -0.1) is 11.8 Å². The van der Waals surface area contributed by atoms with Gasteiger partial charge in [-0.2, -0.15) is 0 Å². The van der Waals surface area contributed by atoms with E-state index in [1.165, 1.54) is 14.2 Å². The Morgan fingerprint density at radius 1 is 0.905 bits per heavy atom. The molecule has 16 heteroatoms. The number of methoxy groups -OCH3 is 2. The second kappa shape index (κ2) is 29.0. The minimum atomic E-state index is -0.508. The fraction of sp³-hybridized carbons (Fsp3) is 0.431. The monoisotopic (exact) mass is 1030 g/mol. The number of aromatic amines is 3. The van der Waals surface area contributed by atoms with Gasteiger partial charge in [-0.1, -0.05) is 52.7 Å². The summed E-state index contributed by atoms with van der Waals surface area (Å²) in [5.74, 6) is 0.166. The first-order valence-electron chi connectivity index (χ1n) is 25.2. The molecule has 4 atom stereocenters. The summed E-state index contributed by atoms with van der Waals surface area (Å²) in [5, 5.41) is 21.6. The van der Waals surface area contributed by atoms with Crippen molar-refractivity contribution in [3.63, 3.8) is 0 Å². The molecule has 0 saturated carbocycles. The number of aliphatic hydroxyl groups is 2. The van der Waals surface area contributed by atoms with Crippen LogP contribution < -0.4 is 11.1 Å². The van der Waals surface area contributed by atoms with Crippen molar-refractivity contribution in [2.24, 2.45) is 5.73 Å². The van der Waals surface area contributed by atoms with Gasteiger partial charge in [-0.3, -0.25) is 9.78 Å². The van der Waals surface area contributed by atoms with Gasteiger partial charge in [-0.25, -0.2) is 9.78 Å². The molecule has 0 amide bonds. The van der Waals surface area contributed by atoms with Crippen molar-refractivity contribution in [3.05, 3.63) is 117 Å². The van der Waals surface area contributed by atoms with Crippen LogP contribution in [0.4, 0.5) is 0 Å². The number of hydrogen-bond donors (Lipinski definition) is 7. The van der Waals surface area contributed by atoms with Gasteiger partial charge < -0.3 is 55.2 Å². The first-order chi connectivity index (χ1) is 35.4. The lowest BCUT2D eigenvalue weighted by atomic mass is 9.97. The van der Waals surface area contributed by atoms with Crippen molar-refractivity contribution < 1.29 is 38.8 Å². The van der Waals surface area contributed by atoms with Crippen LogP contribution in [0.1, 0.15) is 139 Å². The Morgan fingerprint density at radius 3 is 2.15 bits per heavy atom. The second-order valence-corrected chi connectivity index (χ2v) is 19.6. The third-order valence-corrected chi connectivity index (χ3v) is 14.2. The van der Waals surface area contributed by atoms with Crippen molar-refractivity contribution in [3.8, 4) is 0 Å². The number of carbonyl (C=O) groups is 3. The van der Waals surface area contributed by atoms with Gasteiger partial charge in [0.15, 0.2) is 0 Å². The Bertz CT molecular complexity index is 2880. The van der Waals surface area contributed by atoms with Crippen molar-refractivity contribution in [1.29, 1.82) is 0 Å². The van der Waals surface area contributed by atoms with E-state index in [0.717, 1.165) is 110 Å². The molecule has 15 nitrogen and oxygen atoms in total. The predicted molar refractivity (Wildman–Crippen MR) is 304 cm³/mol. The molecule has 0 aromatic carbocycles. The summed E-state index contributed by atoms with van der Waals surface area (Å²) in [5.41, 5.74) is 23.1. The number of ether oxygens (including phenoxy) is 3. The number of thioether (sulfide) groups is 1. The molecule has 4 aromatic heterocycles. The molecular formula is C58H79N7O8S. The van der Waals surface area contributed by atoms with Crippen LogP contribution in [-0.4, -0.2) is 111 Å². The molecule has 1 saturated heterocycles. The number of allylic oxidation sites excluding steroid dienone is 2. The highest BCUT2D eigenvalue weighted by atomic mass is 32.2. The highest BCUT2D eigenvalue weighted by Crippen LogP contribution is 2.37. The van der Waals surface area contributed by atoms with E-state index in [4.69, 9.17) is 35.0 Å². The van der Waals surface area contributed by atoms with E-state index in [2.05, 4.69) is 79.8 Å². The van der Waals surface area contributed by atoms with E-state index in [1.807, 2.05) is 59.0 Å². The zero-order valence-electron chi connectivity index (χ0n) is 45.3. The third kappa shape index (κ3) is 15.2. The molecule has 4 unspecified atom stereocenters. The Balaban J connectivity index is 0.000000292. The van der Waals surface area contributed by atoms with E-state index >= 15 is 0 Å². The van der Waals surface area contributed by atoms with E-state index in [0.29, 0.717) is 59.5 Å². The smallest absolute Gasteiger partial charge is 0.340 e. The number of aromatic nitrogens is 5. The Kier molecular flexibility index (Phi) is 23.6. The van der Waals surface area contributed by atoms with E-state index < -0.39 is 11.9 Å².